The van der Waals surface area contributed by atoms with Crippen LogP contribution in [0.25, 0.3) is 0 Å². The molecule has 0 aliphatic carbocycles. The number of ether oxygens (including phenoxy) is 1. The number of hydrogen-bond acceptors (Lipinski definition) is 6. The Hall–Kier alpha value is -3.03. The minimum Gasteiger partial charge on any atom is -0.504 e. The Labute approximate surface area is 133 Å². The number of hydrazine groups is 1. The summed E-state index contributed by atoms with van der Waals surface area (Å²) in [5.74, 6) is -1.09. The number of para-hydroxylation sites is 1. The highest BCUT2D eigenvalue weighted by Gasteiger charge is 2.29. The van der Waals surface area contributed by atoms with Crippen LogP contribution in [-0.2, 0) is 9.59 Å². The molecule has 0 radical (unpaired) electrons. The molecule has 2 amide bonds. The van der Waals surface area contributed by atoms with E-state index in [1.807, 2.05) is 6.92 Å². The van der Waals surface area contributed by atoms with Gasteiger partial charge in [-0.3, -0.25) is 15.0 Å². The van der Waals surface area contributed by atoms with Crippen LogP contribution in [-0.4, -0.2) is 29.7 Å². The summed E-state index contributed by atoms with van der Waals surface area (Å²) in [4.78, 5) is 23.2. The lowest BCUT2D eigenvalue weighted by molar-refractivity contribution is -0.127. The van der Waals surface area contributed by atoms with Crippen molar-refractivity contribution in [2.75, 3.05) is 6.61 Å². The maximum absolute atomic E-state index is 11.8. The first-order chi connectivity index (χ1) is 11.0. The van der Waals surface area contributed by atoms with Gasteiger partial charge in [-0.15, -0.1) is 0 Å². The molecule has 1 fully saturated rings. The number of rotatable bonds is 6. The van der Waals surface area contributed by atoms with Crippen molar-refractivity contribution >= 4 is 18.0 Å². The van der Waals surface area contributed by atoms with Crippen molar-refractivity contribution in [1.82, 2.24) is 16.3 Å². The molecule has 0 unspecified atom stereocenters. The molecule has 1 aromatic rings. The van der Waals surface area contributed by atoms with Crippen molar-refractivity contribution in [3.05, 3.63) is 36.0 Å². The predicted octanol–water partition coefficient (Wildman–Crippen LogP) is 0.395. The molecule has 8 nitrogen and oxygen atoms in total. The third-order valence-electron chi connectivity index (χ3n) is 3.20. The van der Waals surface area contributed by atoms with Crippen LogP contribution in [0.4, 0.5) is 0 Å². The Morgan fingerprint density at radius 3 is 2.96 bits per heavy atom. The Morgan fingerprint density at radius 2 is 2.30 bits per heavy atom. The standard InChI is InChI=1S/C15H18N4O4/c1-3-23-12-6-4-5-10(14(12)21)8-16-18-13(20)7-11-9(2)17-19-15(11)22/h4-6,8,11,17,21H,2-3,7H2,1H3,(H,18,20)(H,19,22)/b16-8+/t11-/m1/s1. The van der Waals surface area contributed by atoms with E-state index in [9.17, 15) is 14.7 Å². The second kappa shape index (κ2) is 7.30. The number of carbonyl (C=O) groups excluding carboxylic acids is 2. The smallest absolute Gasteiger partial charge is 0.247 e. The molecule has 1 aromatic carbocycles. The molecule has 0 aromatic heterocycles. The van der Waals surface area contributed by atoms with E-state index >= 15 is 0 Å². The van der Waals surface area contributed by atoms with Crippen LogP contribution in [0.2, 0.25) is 0 Å². The fraction of sp³-hybridized carbons (Fsp3) is 0.267. The number of nitrogens with one attached hydrogen (secondary N) is 3. The number of carbonyl (C=O) groups is 2. The second-order valence-electron chi connectivity index (χ2n) is 4.82. The zero-order valence-corrected chi connectivity index (χ0v) is 12.6. The molecule has 122 valence electrons. The minimum absolute atomic E-state index is 0.0555. The first-order valence-electron chi connectivity index (χ1n) is 7.04. The van der Waals surface area contributed by atoms with Crippen molar-refractivity contribution in [2.45, 2.75) is 13.3 Å². The maximum atomic E-state index is 11.8. The molecule has 0 saturated carbocycles. The van der Waals surface area contributed by atoms with Gasteiger partial charge in [-0.1, -0.05) is 12.6 Å². The van der Waals surface area contributed by atoms with Gasteiger partial charge in [0.15, 0.2) is 11.5 Å². The van der Waals surface area contributed by atoms with Crippen LogP contribution in [0.15, 0.2) is 35.6 Å². The maximum Gasteiger partial charge on any atom is 0.247 e. The van der Waals surface area contributed by atoms with Crippen molar-refractivity contribution in [3.8, 4) is 11.5 Å². The van der Waals surface area contributed by atoms with Crippen molar-refractivity contribution in [3.63, 3.8) is 0 Å². The van der Waals surface area contributed by atoms with Crippen molar-refractivity contribution in [2.24, 2.45) is 11.0 Å². The van der Waals surface area contributed by atoms with E-state index in [-0.39, 0.29) is 18.1 Å². The zero-order chi connectivity index (χ0) is 16.8. The number of phenolic OH excluding ortho intramolecular Hbond substituents is 1. The van der Waals surface area contributed by atoms with Gasteiger partial charge in [0.05, 0.1) is 18.7 Å². The summed E-state index contributed by atoms with van der Waals surface area (Å²) in [7, 11) is 0. The molecule has 0 spiro atoms. The second-order valence-corrected chi connectivity index (χ2v) is 4.82. The highest BCUT2D eigenvalue weighted by atomic mass is 16.5. The molecule has 0 bridgehead atoms. The van der Waals surface area contributed by atoms with Crippen molar-refractivity contribution in [1.29, 1.82) is 0 Å². The van der Waals surface area contributed by atoms with E-state index in [4.69, 9.17) is 4.74 Å². The molecule has 2 rings (SSSR count). The summed E-state index contributed by atoms with van der Waals surface area (Å²) in [6.45, 7) is 5.88. The van der Waals surface area contributed by atoms with Gasteiger partial charge < -0.3 is 15.3 Å². The van der Waals surface area contributed by atoms with Crippen LogP contribution >= 0.6 is 0 Å². The van der Waals surface area contributed by atoms with E-state index in [1.54, 1.807) is 18.2 Å². The molecular weight excluding hydrogens is 300 g/mol. The van der Waals surface area contributed by atoms with Gasteiger partial charge >= 0.3 is 0 Å². The first-order valence-corrected chi connectivity index (χ1v) is 7.04. The monoisotopic (exact) mass is 318 g/mol. The Balaban J connectivity index is 1.94. The number of aromatic hydroxyl groups is 1. The largest absolute Gasteiger partial charge is 0.504 e. The molecule has 8 heteroatoms. The van der Waals surface area contributed by atoms with Gasteiger partial charge in [0.1, 0.15) is 0 Å². The molecule has 1 atom stereocenters. The summed E-state index contributed by atoms with van der Waals surface area (Å²) in [6, 6.07) is 4.96. The Morgan fingerprint density at radius 1 is 1.52 bits per heavy atom. The number of hydrogen-bond donors (Lipinski definition) is 4. The highest BCUT2D eigenvalue weighted by Crippen LogP contribution is 2.28. The number of amides is 2. The van der Waals surface area contributed by atoms with E-state index < -0.39 is 11.8 Å². The molecule has 1 heterocycles. The summed E-state index contributed by atoms with van der Waals surface area (Å²) in [5.41, 5.74) is 8.10. The Kier molecular flexibility index (Phi) is 5.19. The molecule has 23 heavy (non-hydrogen) atoms. The number of hydrazone groups is 1. The molecule has 1 aliphatic heterocycles. The first kappa shape index (κ1) is 16.3. The van der Waals surface area contributed by atoms with E-state index in [0.29, 0.717) is 23.6 Å². The van der Waals surface area contributed by atoms with E-state index in [2.05, 4.69) is 28.0 Å². The van der Waals surface area contributed by atoms with Gasteiger partial charge in [-0.25, -0.2) is 5.43 Å². The highest BCUT2D eigenvalue weighted by molar-refractivity contribution is 5.90. The fourth-order valence-electron chi connectivity index (χ4n) is 2.01. The van der Waals surface area contributed by atoms with Crippen LogP contribution < -0.4 is 21.0 Å². The number of phenols is 1. The normalized spacial score (nSPS) is 17.0. The predicted molar refractivity (Wildman–Crippen MR) is 83.5 cm³/mol. The van der Waals surface area contributed by atoms with E-state index in [0.717, 1.165) is 0 Å². The molecule has 1 saturated heterocycles. The SMILES string of the molecule is C=C1NNC(=O)[C@@H]1CC(=O)N/N=C/c1cccc(OCC)c1O. The minimum atomic E-state index is -0.625. The topological polar surface area (TPSA) is 112 Å². The van der Waals surface area contributed by atoms with Crippen LogP contribution in [0.1, 0.15) is 18.9 Å². The quantitative estimate of drug-likeness (QED) is 0.448. The third kappa shape index (κ3) is 4.00. The van der Waals surface area contributed by atoms with Crippen LogP contribution in [0.3, 0.4) is 0 Å². The lowest BCUT2D eigenvalue weighted by Crippen LogP contribution is -2.27. The van der Waals surface area contributed by atoms with Gasteiger partial charge in [-0.2, -0.15) is 5.10 Å². The van der Waals surface area contributed by atoms with E-state index in [1.165, 1.54) is 6.21 Å². The Bertz CT molecular complexity index is 641. The summed E-state index contributed by atoms with van der Waals surface area (Å²) in [6.07, 6.45) is 1.23. The van der Waals surface area contributed by atoms with Crippen molar-refractivity contribution < 1.29 is 19.4 Å². The summed E-state index contributed by atoms with van der Waals surface area (Å²) >= 11 is 0. The molecular formula is C15H18N4O4. The fourth-order valence-corrected chi connectivity index (χ4v) is 2.01. The third-order valence-corrected chi connectivity index (χ3v) is 3.20. The molecule has 4 N–H and O–H groups in total. The van der Waals surface area contributed by atoms with Crippen LogP contribution in [0.5, 0.6) is 11.5 Å². The summed E-state index contributed by atoms with van der Waals surface area (Å²) < 4.78 is 5.26. The average molecular weight is 318 g/mol. The van der Waals surface area contributed by atoms with Crippen LogP contribution in [0, 0.1) is 5.92 Å². The lowest BCUT2D eigenvalue weighted by atomic mass is 10.0. The number of nitrogens with zero attached hydrogens (tertiary/aromatic N) is 1. The van der Waals surface area contributed by atoms with Gasteiger partial charge in [0.25, 0.3) is 0 Å². The van der Waals surface area contributed by atoms with Gasteiger partial charge in [0, 0.05) is 17.7 Å². The zero-order valence-electron chi connectivity index (χ0n) is 12.6. The van der Waals surface area contributed by atoms with Gasteiger partial charge in [-0.05, 0) is 19.1 Å². The van der Waals surface area contributed by atoms with Gasteiger partial charge in [0.2, 0.25) is 11.8 Å². The lowest BCUT2D eigenvalue weighted by Gasteiger charge is -2.07. The average Bonchev–Trinajstić information content (AvgIpc) is 2.83. The summed E-state index contributed by atoms with van der Waals surface area (Å²) in [5, 5.41) is 13.8. The number of benzene rings is 1. The molecule has 1 aliphatic rings.